The van der Waals surface area contributed by atoms with E-state index in [-0.39, 0.29) is 11.4 Å². The van der Waals surface area contributed by atoms with Crippen molar-refractivity contribution in [3.05, 3.63) is 112 Å². The van der Waals surface area contributed by atoms with Crippen LogP contribution in [0.25, 0.3) is 11.0 Å². The van der Waals surface area contributed by atoms with Crippen molar-refractivity contribution in [1.82, 2.24) is 0 Å². The van der Waals surface area contributed by atoms with Crippen LogP contribution < -0.4 is 10.5 Å². The van der Waals surface area contributed by atoms with E-state index in [1.165, 1.54) is 6.07 Å². The summed E-state index contributed by atoms with van der Waals surface area (Å²) < 4.78 is 5.54. The number of carbonyl (C=O) groups excluding carboxylic acids is 1. The van der Waals surface area contributed by atoms with Crippen molar-refractivity contribution in [3.63, 3.8) is 0 Å². The van der Waals surface area contributed by atoms with Gasteiger partial charge in [-0.15, -0.1) is 0 Å². The summed E-state index contributed by atoms with van der Waals surface area (Å²) in [7, 11) is 0. The molecule has 4 nitrogen and oxygen atoms in total. The minimum Gasteiger partial charge on any atom is -0.423 e. The van der Waals surface area contributed by atoms with Crippen molar-refractivity contribution >= 4 is 22.4 Å². The molecule has 0 saturated carbocycles. The molecule has 0 aliphatic carbocycles. The molecule has 0 aliphatic rings. The minimum atomic E-state index is -0.482. The molecular formula is C28H27NO3. The Morgan fingerprint density at radius 1 is 0.906 bits per heavy atom. The summed E-state index contributed by atoms with van der Waals surface area (Å²) in [4.78, 5) is 28.1. The molecule has 162 valence electrons. The van der Waals surface area contributed by atoms with Gasteiger partial charge >= 0.3 is 5.63 Å². The second kappa shape index (κ2) is 9.23. The van der Waals surface area contributed by atoms with Crippen molar-refractivity contribution in [2.75, 3.05) is 18.0 Å². The highest BCUT2D eigenvalue weighted by atomic mass is 16.4. The third kappa shape index (κ3) is 4.09. The topological polar surface area (TPSA) is 50.5 Å². The molecule has 4 rings (SSSR count). The summed E-state index contributed by atoms with van der Waals surface area (Å²) in [5.74, 6) is -0.440. The SMILES string of the molecule is CCN(CC)c1cc2oc(=O)cc(C)c2cc1C(C(=O)c1ccccc1)c1ccccc1. The standard InChI is InChI=1S/C28H27NO3/c1-4-29(5-2)24-18-25-22(19(3)16-26(30)32-25)17-23(24)27(20-12-8-6-9-13-20)28(31)21-14-10-7-11-15-21/h6-18,27H,4-5H2,1-3H3. The number of hydrogen-bond acceptors (Lipinski definition) is 4. The zero-order valence-corrected chi connectivity index (χ0v) is 18.7. The molecule has 0 fully saturated rings. The summed E-state index contributed by atoms with van der Waals surface area (Å²) >= 11 is 0. The summed E-state index contributed by atoms with van der Waals surface area (Å²) in [5.41, 5.74) is 4.44. The van der Waals surface area contributed by atoms with E-state index >= 15 is 0 Å². The number of hydrogen-bond donors (Lipinski definition) is 0. The Labute approximate surface area is 188 Å². The Kier molecular flexibility index (Phi) is 6.22. The number of fused-ring (bicyclic) bond motifs is 1. The molecule has 4 heteroatoms. The highest BCUT2D eigenvalue weighted by Crippen LogP contribution is 2.38. The lowest BCUT2D eigenvalue weighted by Crippen LogP contribution is -2.25. The van der Waals surface area contributed by atoms with Crippen LogP contribution in [0.4, 0.5) is 5.69 Å². The average Bonchev–Trinajstić information content (AvgIpc) is 2.81. The average molecular weight is 426 g/mol. The number of aryl methyl sites for hydroxylation is 1. The maximum absolute atomic E-state index is 13.9. The van der Waals surface area contributed by atoms with Gasteiger partial charge in [0, 0.05) is 41.9 Å². The Balaban J connectivity index is 2.04. The van der Waals surface area contributed by atoms with Gasteiger partial charge in [0.15, 0.2) is 5.78 Å². The van der Waals surface area contributed by atoms with Gasteiger partial charge in [0.05, 0.1) is 5.92 Å². The zero-order valence-electron chi connectivity index (χ0n) is 18.7. The van der Waals surface area contributed by atoms with Crippen LogP contribution in [0, 0.1) is 6.92 Å². The lowest BCUT2D eigenvalue weighted by molar-refractivity contribution is 0.0974. The van der Waals surface area contributed by atoms with E-state index in [0.29, 0.717) is 11.1 Å². The van der Waals surface area contributed by atoms with E-state index in [9.17, 15) is 9.59 Å². The quantitative estimate of drug-likeness (QED) is 0.271. The van der Waals surface area contributed by atoms with Crippen LogP contribution in [0.5, 0.6) is 0 Å². The fourth-order valence-corrected chi connectivity index (χ4v) is 4.33. The van der Waals surface area contributed by atoms with Gasteiger partial charge in [-0.1, -0.05) is 60.7 Å². The summed E-state index contributed by atoms with van der Waals surface area (Å²) in [6, 6.07) is 24.7. The normalized spacial score (nSPS) is 12.0. The molecule has 0 amide bonds. The van der Waals surface area contributed by atoms with E-state index in [1.54, 1.807) is 0 Å². The first-order chi connectivity index (χ1) is 15.5. The van der Waals surface area contributed by atoms with Crippen molar-refractivity contribution in [2.45, 2.75) is 26.7 Å². The maximum atomic E-state index is 13.9. The Morgan fingerprint density at radius 3 is 2.16 bits per heavy atom. The van der Waals surface area contributed by atoms with Crippen molar-refractivity contribution in [1.29, 1.82) is 0 Å². The van der Waals surface area contributed by atoms with Crippen molar-refractivity contribution < 1.29 is 9.21 Å². The monoisotopic (exact) mass is 425 g/mol. The lowest BCUT2D eigenvalue weighted by Gasteiger charge is -2.28. The van der Waals surface area contributed by atoms with Gasteiger partial charge in [-0.3, -0.25) is 4.79 Å². The summed E-state index contributed by atoms with van der Waals surface area (Å²) in [6.45, 7) is 7.61. The van der Waals surface area contributed by atoms with Gasteiger partial charge in [0.2, 0.25) is 0 Å². The molecule has 0 saturated heterocycles. The highest BCUT2D eigenvalue weighted by molar-refractivity contribution is 6.04. The number of Topliss-reactive ketones (excluding diaryl/α,β-unsaturated/α-hetero) is 1. The predicted molar refractivity (Wildman–Crippen MR) is 130 cm³/mol. The second-order valence-electron chi connectivity index (χ2n) is 7.90. The molecule has 1 atom stereocenters. The molecule has 0 bridgehead atoms. The van der Waals surface area contributed by atoms with E-state index in [1.807, 2.05) is 79.7 Å². The van der Waals surface area contributed by atoms with Crippen LogP contribution in [-0.4, -0.2) is 18.9 Å². The third-order valence-corrected chi connectivity index (χ3v) is 5.97. The van der Waals surface area contributed by atoms with Crippen LogP contribution in [0.1, 0.15) is 46.8 Å². The molecule has 0 N–H and O–H groups in total. The maximum Gasteiger partial charge on any atom is 0.336 e. The van der Waals surface area contributed by atoms with Crippen LogP contribution in [0.3, 0.4) is 0 Å². The lowest BCUT2D eigenvalue weighted by atomic mass is 9.83. The first-order valence-electron chi connectivity index (χ1n) is 11.0. The first kappa shape index (κ1) is 21.6. The largest absolute Gasteiger partial charge is 0.423 e. The smallest absolute Gasteiger partial charge is 0.336 e. The van der Waals surface area contributed by atoms with Crippen LogP contribution in [0.15, 0.2) is 88.1 Å². The molecular weight excluding hydrogens is 398 g/mol. The fourth-order valence-electron chi connectivity index (χ4n) is 4.33. The second-order valence-corrected chi connectivity index (χ2v) is 7.90. The Hall–Kier alpha value is -3.66. The number of carbonyl (C=O) groups is 1. The van der Waals surface area contributed by atoms with E-state index < -0.39 is 5.92 Å². The number of benzene rings is 3. The molecule has 3 aromatic carbocycles. The zero-order chi connectivity index (χ0) is 22.7. The molecule has 0 radical (unpaired) electrons. The molecule has 32 heavy (non-hydrogen) atoms. The van der Waals surface area contributed by atoms with Gasteiger partial charge in [0.25, 0.3) is 0 Å². The fraction of sp³-hybridized carbons (Fsp3) is 0.214. The van der Waals surface area contributed by atoms with E-state index in [2.05, 4.69) is 18.7 Å². The molecule has 4 aromatic rings. The Bertz CT molecular complexity index is 1290. The van der Waals surface area contributed by atoms with Gasteiger partial charge in [-0.25, -0.2) is 4.79 Å². The number of anilines is 1. The molecule has 0 aliphatic heterocycles. The van der Waals surface area contributed by atoms with Gasteiger partial charge in [-0.05, 0) is 43.5 Å². The van der Waals surface area contributed by atoms with Crippen molar-refractivity contribution in [3.8, 4) is 0 Å². The van der Waals surface area contributed by atoms with E-state index in [0.717, 1.165) is 40.9 Å². The van der Waals surface area contributed by atoms with Gasteiger partial charge < -0.3 is 9.32 Å². The van der Waals surface area contributed by atoms with Gasteiger partial charge in [0.1, 0.15) is 5.58 Å². The third-order valence-electron chi connectivity index (χ3n) is 5.97. The summed E-state index contributed by atoms with van der Waals surface area (Å²) in [5, 5.41) is 0.845. The molecule has 1 heterocycles. The Morgan fingerprint density at radius 2 is 1.53 bits per heavy atom. The molecule has 1 unspecified atom stereocenters. The molecule has 0 spiro atoms. The van der Waals surface area contributed by atoms with Gasteiger partial charge in [-0.2, -0.15) is 0 Å². The number of nitrogens with zero attached hydrogens (tertiary/aromatic N) is 1. The summed E-state index contributed by atoms with van der Waals surface area (Å²) in [6.07, 6.45) is 0. The molecule has 1 aromatic heterocycles. The predicted octanol–water partition coefficient (Wildman–Crippen LogP) is 5.96. The minimum absolute atomic E-state index is 0.0413. The van der Waals surface area contributed by atoms with Crippen LogP contribution in [0.2, 0.25) is 0 Å². The van der Waals surface area contributed by atoms with Crippen LogP contribution >= 0.6 is 0 Å². The number of ketones is 1. The van der Waals surface area contributed by atoms with Crippen LogP contribution in [-0.2, 0) is 0 Å². The first-order valence-corrected chi connectivity index (χ1v) is 11.0. The van der Waals surface area contributed by atoms with E-state index in [4.69, 9.17) is 4.42 Å². The number of rotatable bonds is 7. The van der Waals surface area contributed by atoms with Crippen molar-refractivity contribution in [2.24, 2.45) is 0 Å². The highest BCUT2D eigenvalue weighted by Gasteiger charge is 2.28.